The van der Waals surface area contributed by atoms with E-state index in [0.717, 1.165) is 10.6 Å². The molecule has 0 saturated carbocycles. The molecule has 2 amide bonds. The Balaban J connectivity index is 1.56. The van der Waals surface area contributed by atoms with E-state index in [-0.39, 0.29) is 18.6 Å². The summed E-state index contributed by atoms with van der Waals surface area (Å²) >= 11 is 1.36. The maximum Gasteiger partial charge on any atom is 0.410 e. The summed E-state index contributed by atoms with van der Waals surface area (Å²) in [5.41, 5.74) is 0.904. The number of carbonyl (C=O) groups excluding carboxylic acids is 2. The number of para-hydroxylation sites is 2. The minimum absolute atomic E-state index is 0.153. The van der Waals surface area contributed by atoms with Crippen LogP contribution in [0.15, 0.2) is 24.3 Å². The van der Waals surface area contributed by atoms with Crippen molar-refractivity contribution in [3.63, 3.8) is 0 Å². The van der Waals surface area contributed by atoms with Gasteiger partial charge in [-0.25, -0.2) is 9.78 Å². The first-order chi connectivity index (χ1) is 13.1. The fraction of sp³-hybridized carbons (Fsp3) is 0.389. The Kier molecular flexibility index (Phi) is 6.12. The SMILES string of the molecule is CCOC(=O)N1CCc2nc(NC(=O)COc3ccccc3OC)sc2C1. The highest BCUT2D eigenvalue weighted by Gasteiger charge is 2.25. The van der Waals surface area contributed by atoms with E-state index >= 15 is 0 Å². The van der Waals surface area contributed by atoms with Crippen LogP contribution in [0, 0.1) is 0 Å². The van der Waals surface area contributed by atoms with E-state index in [4.69, 9.17) is 14.2 Å². The number of nitrogens with zero attached hydrogens (tertiary/aromatic N) is 2. The van der Waals surface area contributed by atoms with E-state index < -0.39 is 0 Å². The van der Waals surface area contributed by atoms with Gasteiger partial charge in [0.25, 0.3) is 5.91 Å². The largest absolute Gasteiger partial charge is 0.493 e. The highest BCUT2D eigenvalue weighted by atomic mass is 32.1. The molecule has 0 spiro atoms. The molecule has 0 aliphatic carbocycles. The number of ether oxygens (including phenoxy) is 3. The molecule has 8 nitrogen and oxygen atoms in total. The third kappa shape index (κ3) is 4.68. The molecule has 1 aromatic heterocycles. The van der Waals surface area contributed by atoms with Gasteiger partial charge in [0.2, 0.25) is 0 Å². The summed E-state index contributed by atoms with van der Waals surface area (Å²) < 4.78 is 15.7. The van der Waals surface area contributed by atoms with Crippen molar-refractivity contribution in [3.05, 3.63) is 34.8 Å². The van der Waals surface area contributed by atoms with Gasteiger partial charge in [-0.1, -0.05) is 23.5 Å². The van der Waals surface area contributed by atoms with Gasteiger partial charge in [0.05, 0.1) is 26.0 Å². The minimum Gasteiger partial charge on any atom is -0.493 e. The average Bonchev–Trinajstić information content (AvgIpc) is 3.08. The first-order valence-corrected chi connectivity index (χ1v) is 9.38. The molecule has 27 heavy (non-hydrogen) atoms. The zero-order chi connectivity index (χ0) is 19.2. The third-order valence-electron chi connectivity index (χ3n) is 3.93. The Labute approximate surface area is 161 Å². The van der Waals surface area contributed by atoms with Crippen molar-refractivity contribution in [2.24, 2.45) is 0 Å². The number of fused-ring (bicyclic) bond motifs is 1. The lowest BCUT2D eigenvalue weighted by atomic mass is 10.2. The quantitative estimate of drug-likeness (QED) is 0.814. The van der Waals surface area contributed by atoms with Crippen LogP contribution in [0.5, 0.6) is 11.5 Å². The molecule has 0 fully saturated rings. The van der Waals surface area contributed by atoms with Gasteiger partial charge >= 0.3 is 6.09 Å². The highest BCUT2D eigenvalue weighted by molar-refractivity contribution is 7.15. The van der Waals surface area contributed by atoms with Crippen molar-refractivity contribution in [1.29, 1.82) is 0 Å². The molecular weight excluding hydrogens is 370 g/mol. The molecular formula is C18H21N3O5S. The second kappa shape index (κ2) is 8.72. The maximum absolute atomic E-state index is 12.2. The second-order valence-electron chi connectivity index (χ2n) is 5.75. The number of hydrogen-bond donors (Lipinski definition) is 1. The van der Waals surface area contributed by atoms with E-state index in [2.05, 4.69) is 10.3 Å². The van der Waals surface area contributed by atoms with Gasteiger partial charge in [-0.05, 0) is 19.1 Å². The minimum atomic E-state index is -0.327. The Morgan fingerprint density at radius 2 is 2.07 bits per heavy atom. The van der Waals surface area contributed by atoms with Gasteiger partial charge in [-0.3, -0.25) is 10.1 Å². The molecule has 9 heteroatoms. The van der Waals surface area contributed by atoms with E-state index in [1.54, 1.807) is 37.1 Å². The van der Waals surface area contributed by atoms with Crippen LogP contribution in [0.2, 0.25) is 0 Å². The Hall–Kier alpha value is -2.81. The van der Waals surface area contributed by atoms with Gasteiger partial charge in [0.1, 0.15) is 0 Å². The molecule has 0 radical (unpaired) electrons. The summed E-state index contributed by atoms with van der Waals surface area (Å²) in [4.78, 5) is 31.1. The van der Waals surface area contributed by atoms with Crippen molar-refractivity contribution < 1.29 is 23.8 Å². The molecule has 2 heterocycles. The van der Waals surface area contributed by atoms with Crippen molar-refractivity contribution >= 4 is 28.5 Å². The van der Waals surface area contributed by atoms with Crippen LogP contribution in [0.3, 0.4) is 0 Å². The summed E-state index contributed by atoms with van der Waals surface area (Å²) in [6.07, 6.45) is 0.311. The van der Waals surface area contributed by atoms with Gasteiger partial charge in [-0.15, -0.1) is 0 Å². The summed E-state index contributed by atoms with van der Waals surface area (Å²) in [7, 11) is 1.54. The Morgan fingerprint density at radius 3 is 2.81 bits per heavy atom. The number of amides is 2. The molecule has 0 bridgehead atoms. The Morgan fingerprint density at radius 1 is 1.30 bits per heavy atom. The van der Waals surface area contributed by atoms with Crippen molar-refractivity contribution in [2.45, 2.75) is 19.9 Å². The van der Waals surface area contributed by atoms with Crippen LogP contribution in [-0.4, -0.2) is 48.8 Å². The summed E-state index contributed by atoms with van der Waals surface area (Å²) in [6, 6.07) is 7.13. The number of thiazole rings is 1. The summed E-state index contributed by atoms with van der Waals surface area (Å²) in [5, 5.41) is 3.24. The lowest BCUT2D eigenvalue weighted by Gasteiger charge is -2.24. The normalized spacial score (nSPS) is 12.9. The van der Waals surface area contributed by atoms with E-state index in [1.165, 1.54) is 11.3 Å². The molecule has 0 unspecified atom stereocenters. The lowest BCUT2D eigenvalue weighted by Crippen LogP contribution is -2.35. The lowest BCUT2D eigenvalue weighted by molar-refractivity contribution is -0.118. The molecule has 1 N–H and O–H groups in total. The topological polar surface area (TPSA) is 90.0 Å². The predicted octanol–water partition coefficient (Wildman–Crippen LogP) is 2.68. The fourth-order valence-electron chi connectivity index (χ4n) is 2.66. The number of aromatic nitrogens is 1. The third-order valence-corrected chi connectivity index (χ3v) is 4.93. The smallest absolute Gasteiger partial charge is 0.410 e. The first kappa shape index (κ1) is 19.0. The standard InChI is InChI=1S/C18H21N3O5S/c1-3-25-18(23)21-9-8-12-15(10-21)27-17(19-12)20-16(22)11-26-14-7-5-4-6-13(14)24-2/h4-7H,3,8-11H2,1-2H3,(H,19,20,22). The van der Waals surface area contributed by atoms with Crippen molar-refractivity contribution in [2.75, 3.05) is 32.2 Å². The summed E-state index contributed by atoms with van der Waals surface area (Å²) in [6.45, 7) is 2.97. The molecule has 3 rings (SSSR count). The number of carbonyl (C=O) groups is 2. The van der Waals surface area contributed by atoms with Crippen LogP contribution >= 0.6 is 11.3 Å². The van der Waals surface area contributed by atoms with E-state index in [0.29, 0.717) is 42.7 Å². The van der Waals surface area contributed by atoms with Crippen LogP contribution < -0.4 is 14.8 Å². The number of hydrogen-bond acceptors (Lipinski definition) is 7. The molecule has 1 aromatic carbocycles. The van der Waals surface area contributed by atoms with Crippen LogP contribution in [0.25, 0.3) is 0 Å². The first-order valence-electron chi connectivity index (χ1n) is 8.56. The van der Waals surface area contributed by atoms with E-state index in [1.807, 2.05) is 6.07 Å². The average molecular weight is 391 g/mol. The molecule has 144 valence electrons. The molecule has 2 aromatic rings. The molecule has 0 atom stereocenters. The van der Waals surface area contributed by atoms with Crippen LogP contribution in [0.1, 0.15) is 17.5 Å². The number of benzene rings is 1. The number of rotatable bonds is 6. The van der Waals surface area contributed by atoms with Gasteiger partial charge < -0.3 is 19.1 Å². The summed E-state index contributed by atoms with van der Waals surface area (Å²) in [5.74, 6) is 0.752. The van der Waals surface area contributed by atoms with Gasteiger partial charge in [0.15, 0.2) is 23.2 Å². The fourth-order valence-corrected chi connectivity index (χ4v) is 3.70. The zero-order valence-electron chi connectivity index (χ0n) is 15.2. The number of methoxy groups -OCH3 is 1. The van der Waals surface area contributed by atoms with Crippen molar-refractivity contribution in [1.82, 2.24) is 9.88 Å². The van der Waals surface area contributed by atoms with E-state index in [9.17, 15) is 9.59 Å². The monoisotopic (exact) mass is 391 g/mol. The van der Waals surface area contributed by atoms with Gasteiger partial charge in [0, 0.05) is 17.8 Å². The second-order valence-corrected chi connectivity index (χ2v) is 6.83. The van der Waals surface area contributed by atoms with Crippen LogP contribution in [0.4, 0.5) is 9.93 Å². The van der Waals surface area contributed by atoms with Gasteiger partial charge in [-0.2, -0.15) is 0 Å². The van der Waals surface area contributed by atoms with Crippen molar-refractivity contribution in [3.8, 4) is 11.5 Å². The number of nitrogens with one attached hydrogen (secondary N) is 1. The molecule has 0 saturated heterocycles. The number of anilines is 1. The van der Waals surface area contributed by atoms with Crippen LogP contribution in [-0.2, 0) is 22.5 Å². The maximum atomic E-state index is 12.2. The predicted molar refractivity (Wildman–Crippen MR) is 100 cm³/mol. The molecule has 1 aliphatic rings. The highest BCUT2D eigenvalue weighted by Crippen LogP contribution is 2.29. The molecule has 1 aliphatic heterocycles. The zero-order valence-corrected chi connectivity index (χ0v) is 16.0. The Bertz CT molecular complexity index is 823.